The van der Waals surface area contributed by atoms with E-state index in [-0.39, 0.29) is 24.5 Å². The van der Waals surface area contributed by atoms with Gasteiger partial charge >= 0.3 is 11.8 Å². The van der Waals surface area contributed by atoms with E-state index in [2.05, 4.69) is 10.6 Å². The molecule has 1 aromatic rings. The van der Waals surface area contributed by atoms with Crippen molar-refractivity contribution in [2.24, 2.45) is 5.92 Å². The van der Waals surface area contributed by atoms with Gasteiger partial charge in [-0.05, 0) is 29.9 Å². The number of anilines is 1. The van der Waals surface area contributed by atoms with Gasteiger partial charge in [0.15, 0.2) is 0 Å². The van der Waals surface area contributed by atoms with Gasteiger partial charge in [-0.1, -0.05) is 45.9 Å². The first-order chi connectivity index (χ1) is 10.4. The Kier molecular flexibility index (Phi) is 7.05. The number of hydrogen-bond acceptors (Lipinski definition) is 3. The van der Waals surface area contributed by atoms with E-state index in [9.17, 15) is 9.59 Å². The second kappa shape index (κ2) is 8.54. The first kappa shape index (κ1) is 18.2. The highest BCUT2D eigenvalue weighted by Crippen LogP contribution is 2.23. The molecule has 0 heterocycles. The minimum Gasteiger partial charge on any atom is -0.396 e. The largest absolute Gasteiger partial charge is 0.396 e. The highest BCUT2D eigenvalue weighted by Gasteiger charge is 2.21. The highest BCUT2D eigenvalue weighted by molar-refractivity contribution is 6.39. The maximum atomic E-state index is 12.1. The number of nitrogens with one attached hydrogen (secondary N) is 2. The molecule has 0 aliphatic heterocycles. The smallest absolute Gasteiger partial charge is 0.313 e. The van der Waals surface area contributed by atoms with Crippen LogP contribution < -0.4 is 10.6 Å². The molecule has 0 saturated carbocycles. The van der Waals surface area contributed by atoms with Crippen LogP contribution in [-0.4, -0.2) is 29.6 Å². The summed E-state index contributed by atoms with van der Waals surface area (Å²) in [7, 11) is 0. The number of carbonyl (C=O) groups is 2. The molecule has 5 heteroatoms. The van der Waals surface area contributed by atoms with E-state index in [4.69, 9.17) is 5.11 Å². The Labute approximate surface area is 132 Å². The van der Waals surface area contributed by atoms with Crippen molar-refractivity contribution < 1.29 is 14.7 Å². The van der Waals surface area contributed by atoms with Gasteiger partial charge in [-0.25, -0.2) is 0 Å². The first-order valence-electron chi connectivity index (χ1n) is 7.68. The summed E-state index contributed by atoms with van der Waals surface area (Å²) in [4.78, 5) is 24.1. The predicted octanol–water partition coefficient (Wildman–Crippen LogP) is 2.27. The SMILES string of the molecule is CC(C)c1ccccc1NC(=O)C(=O)NC(CCO)C(C)C. The lowest BCUT2D eigenvalue weighted by Crippen LogP contribution is -2.44. The molecule has 0 bridgehead atoms. The summed E-state index contributed by atoms with van der Waals surface area (Å²) in [5, 5.41) is 14.4. The van der Waals surface area contributed by atoms with Crippen molar-refractivity contribution in [2.45, 2.75) is 46.1 Å². The Morgan fingerprint density at radius 2 is 1.73 bits per heavy atom. The third kappa shape index (κ3) is 5.15. The molecule has 1 aromatic carbocycles. The lowest BCUT2D eigenvalue weighted by atomic mass is 10.0. The molecule has 122 valence electrons. The second-order valence-corrected chi connectivity index (χ2v) is 6.03. The molecule has 1 rings (SSSR count). The van der Waals surface area contributed by atoms with Gasteiger partial charge < -0.3 is 15.7 Å². The minimum atomic E-state index is -0.684. The van der Waals surface area contributed by atoms with Crippen LogP contribution >= 0.6 is 0 Å². The Morgan fingerprint density at radius 1 is 1.09 bits per heavy atom. The Bertz CT molecular complexity index is 512. The van der Waals surface area contributed by atoms with Crippen LogP contribution in [0.1, 0.15) is 45.6 Å². The van der Waals surface area contributed by atoms with E-state index in [1.807, 2.05) is 45.9 Å². The van der Waals surface area contributed by atoms with Crippen molar-refractivity contribution in [3.05, 3.63) is 29.8 Å². The molecular formula is C17H26N2O3. The van der Waals surface area contributed by atoms with Gasteiger partial charge in [0.2, 0.25) is 0 Å². The number of hydrogen-bond donors (Lipinski definition) is 3. The molecule has 22 heavy (non-hydrogen) atoms. The summed E-state index contributed by atoms with van der Waals surface area (Å²) >= 11 is 0. The maximum absolute atomic E-state index is 12.1. The van der Waals surface area contributed by atoms with Crippen LogP contribution in [0.15, 0.2) is 24.3 Å². The van der Waals surface area contributed by atoms with Crippen LogP contribution in [0, 0.1) is 5.92 Å². The summed E-state index contributed by atoms with van der Waals surface area (Å²) in [6.45, 7) is 7.91. The van der Waals surface area contributed by atoms with Crippen molar-refractivity contribution in [1.82, 2.24) is 5.32 Å². The van der Waals surface area contributed by atoms with Crippen LogP contribution in [-0.2, 0) is 9.59 Å². The lowest BCUT2D eigenvalue weighted by molar-refractivity contribution is -0.136. The third-order valence-corrected chi connectivity index (χ3v) is 3.60. The molecule has 3 N–H and O–H groups in total. The van der Waals surface area contributed by atoms with Gasteiger partial charge in [-0.2, -0.15) is 0 Å². The molecule has 1 unspecified atom stereocenters. The van der Waals surface area contributed by atoms with E-state index in [1.165, 1.54) is 0 Å². The minimum absolute atomic E-state index is 0.0269. The summed E-state index contributed by atoms with van der Waals surface area (Å²) < 4.78 is 0. The molecule has 0 aromatic heterocycles. The van der Waals surface area contributed by atoms with Crippen molar-refractivity contribution in [1.29, 1.82) is 0 Å². The molecule has 1 atom stereocenters. The van der Waals surface area contributed by atoms with Crippen molar-refractivity contribution >= 4 is 17.5 Å². The van der Waals surface area contributed by atoms with E-state index < -0.39 is 11.8 Å². The summed E-state index contributed by atoms with van der Waals surface area (Å²) in [5.41, 5.74) is 1.64. The zero-order valence-electron chi connectivity index (χ0n) is 13.7. The molecule has 0 aliphatic rings. The lowest BCUT2D eigenvalue weighted by Gasteiger charge is -2.21. The molecular weight excluding hydrogens is 280 g/mol. The van der Waals surface area contributed by atoms with E-state index in [0.717, 1.165) is 5.56 Å². The normalized spacial score (nSPS) is 12.3. The molecule has 0 fully saturated rings. The number of para-hydroxylation sites is 1. The quantitative estimate of drug-likeness (QED) is 0.705. The Hall–Kier alpha value is -1.88. The number of benzene rings is 1. The average Bonchev–Trinajstić information content (AvgIpc) is 2.46. The van der Waals surface area contributed by atoms with Gasteiger partial charge in [-0.3, -0.25) is 9.59 Å². The van der Waals surface area contributed by atoms with Gasteiger partial charge in [0.1, 0.15) is 0 Å². The molecule has 0 spiro atoms. The van der Waals surface area contributed by atoms with Crippen LogP contribution in [0.4, 0.5) is 5.69 Å². The fourth-order valence-corrected chi connectivity index (χ4v) is 2.24. The van der Waals surface area contributed by atoms with Gasteiger partial charge in [0, 0.05) is 18.3 Å². The van der Waals surface area contributed by atoms with E-state index in [0.29, 0.717) is 12.1 Å². The summed E-state index contributed by atoms with van der Waals surface area (Å²) in [5.74, 6) is -0.966. The van der Waals surface area contributed by atoms with E-state index >= 15 is 0 Å². The molecule has 0 radical (unpaired) electrons. The third-order valence-electron chi connectivity index (χ3n) is 3.60. The van der Waals surface area contributed by atoms with E-state index in [1.54, 1.807) is 6.07 Å². The number of amides is 2. The number of carbonyl (C=O) groups excluding carboxylic acids is 2. The summed E-state index contributed by atoms with van der Waals surface area (Å²) in [6, 6.07) is 7.22. The van der Waals surface area contributed by atoms with Gasteiger partial charge in [0.25, 0.3) is 0 Å². The standard InChI is InChI=1S/C17H26N2O3/c1-11(2)13-7-5-6-8-15(13)19-17(22)16(21)18-14(9-10-20)12(3)4/h5-8,11-12,14,20H,9-10H2,1-4H3,(H,18,21)(H,19,22). The van der Waals surface area contributed by atoms with Crippen molar-refractivity contribution in [3.63, 3.8) is 0 Å². The Morgan fingerprint density at radius 3 is 2.27 bits per heavy atom. The topological polar surface area (TPSA) is 78.4 Å². The van der Waals surface area contributed by atoms with Crippen LogP contribution in [0.5, 0.6) is 0 Å². The van der Waals surface area contributed by atoms with Crippen LogP contribution in [0.2, 0.25) is 0 Å². The van der Waals surface area contributed by atoms with Gasteiger partial charge in [-0.15, -0.1) is 0 Å². The fourth-order valence-electron chi connectivity index (χ4n) is 2.24. The molecule has 2 amide bonds. The molecule has 0 saturated heterocycles. The second-order valence-electron chi connectivity index (χ2n) is 6.03. The maximum Gasteiger partial charge on any atom is 0.313 e. The monoisotopic (exact) mass is 306 g/mol. The van der Waals surface area contributed by atoms with Crippen molar-refractivity contribution in [2.75, 3.05) is 11.9 Å². The van der Waals surface area contributed by atoms with Crippen LogP contribution in [0.25, 0.3) is 0 Å². The number of rotatable bonds is 6. The fraction of sp³-hybridized carbons (Fsp3) is 0.529. The van der Waals surface area contributed by atoms with Crippen molar-refractivity contribution in [3.8, 4) is 0 Å². The first-order valence-corrected chi connectivity index (χ1v) is 7.68. The average molecular weight is 306 g/mol. The van der Waals surface area contributed by atoms with Gasteiger partial charge in [0.05, 0.1) is 0 Å². The molecule has 0 aliphatic carbocycles. The zero-order chi connectivity index (χ0) is 16.7. The Balaban J connectivity index is 2.74. The molecule has 5 nitrogen and oxygen atoms in total. The zero-order valence-corrected chi connectivity index (χ0v) is 13.7. The number of aliphatic hydroxyl groups excluding tert-OH is 1. The summed E-state index contributed by atoms with van der Waals surface area (Å²) in [6.07, 6.45) is 0.430. The highest BCUT2D eigenvalue weighted by atomic mass is 16.3. The predicted molar refractivity (Wildman–Crippen MR) is 87.6 cm³/mol. The number of aliphatic hydroxyl groups is 1. The van der Waals surface area contributed by atoms with Crippen LogP contribution in [0.3, 0.4) is 0 Å².